The highest BCUT2D eigenvalue weighted by Crippen LogP contribution is 2.28. The molecule has 2 heterocycles. The first-order valence-corrected chi connectivity index (χ1v) is 9.18. The molecule has 2 aliphatic heterocycles. The molecule has 0 N–H and O–H groups in total. The molecule has 8 nitrogen and oxygen atoms in total. The van der Waals surface area contributed by atoms with Crippen molar-refractivity contribution in [2.75, 3.05) is 34.4 Å². The van der Waals surface area contributed by atoms with E-state index in [1.165, 1.54) is 4.90 Å². The molecule has 0 saturated carbocycles. The first-order valence-electron chi connectivity index (χ1n) is 9.18. The number of ether oxygens (including phenoxy) is 2. The number of hydrogen-bond acceptors (Lipinski definition) is 5. The van der Waals surface area contributed by atoms with E-state index in [1.54, 1.807) is 30.6 Å². The predicted octanol–water partition coefficient (Wildman–Crippen LogP) is 1.84. The fourth-order valence-electron chi connectivity index (χ4n) is 3.40. The van der Waals surface area contributed by atoms with Gasteiger partial charge in [0.15, 0.2) is 11.5 Å². The van der Waals surface area contributed by atoms with Gasteiger partial charge in [-0.15, -0.1) is 0 Å². The van der Waals surface area contributed by atoms with Crippen LogP contribution in [0.2, 0.25) is 0 Å². The van der Waals surface area contributed by atoms with Crippen molar-refractivity contribution in [2.45, 2.75) is 19.9 Å². The molecule has 0 spiro atoms. The van der Waals surface area contributed by atoms with Crippen LogP contribution in [0, 0.1) is 0 Å². The molecule has 0 aromatic heterocycles. The fraction of sp³-hybridized carbons (Fsp3) is 0.400. The summed E-state index contributed by atoms with van der Waals surface area (Å²) in [5.41, 5.74) is 0.901. The van der Waals surface area contributed by atoms with Crippen molar-refractivity contribution in [3.63, 3.8) is 0 Å². The fourth-order valence-corrected chi connectivity index (χ4v) is 3.40. The number of carbonyl (C=O) groups is 2. The molecule has 148 valence electrons. The number of likely N-dealkylation sites (N-methyl/N-ethyl adjacent to an activating group) is 3. The summed E-state index contributed by atoms with van der Waals surface area (Å²) in [6, 6.07) is 4.69. The Morgan fingerprint density at radius 2 is 1.75 bits per heavy atom. The summed E-state index contributed by atoms with van der Waals surface area (Å²) in [7, 11) is 4.99. The van der Waals surface area contributed by atoms with Gasteiger partial charge in [0.2, 0.25) is 0 Å². The lowest BCUT2D eigenvalue weighted by Gasteiger charge is -2.33. The number of carbonyl (C=O) groups excluding carboxylic acids is 2. The summed E-state index contributed by atoms with van der Waals surface area (Å²) < 4.78 is 12.4. The van der Waals surface area contributed by atoms with E-state index in [2.05, 4.69) is 4.99 Å². The van der Waals surface area contributed by atoms with Crippen molar-refractivity contribution >= 4 is 29.7 Å². The van der Waals surface area contributed by atoms with Crippen LogP contribution in [0.15, 0.2) is 29.3 Å². The number of imide groups is 1. The van der Waals surface area contributed by atoms with Gasteiger partial charge in [-0.25, -0.2) is 9.37 Å². The summed E-state index contributed by atoms with van der Waals surface area (Å²) in [5.74, 6) is 2.14. The highest BCUT2D eigenvalue weighted by Gasteiger charge is 2.52. The lowest BCUT2D eigenvalue weighted by Crippen LogP contribution is -2.63. The molecule has 0 aliphatic carbocycles. The maximum absolute atomic E-state index is 12.8. The van der Waals surface area contributed by atoms with Crippen LogP contribution >= 0.6 is 0 Å². The van der Waals surface area contributed by atoms with E-state index >= 15 is 0 Å². The summed E-state index contributed by atoms with van der Waals surface area (Å²) in [5, 5.41) is 0. The highest BCUT2D eigenvalue weighted by atomic mass is 16.5. The van der Waals surface area contributed by atoms with Gasteiger partial charge in [-0.05, 0) is 42.6 Å². The number of aliphatic imine (C=N–C) groups is 1. The maximum Gasteiger partial charge on any atom is 0.334 e. The van der Waals surface area contributed by atoms with Crippen molar-refractivity contribution in [3.05, 3.63) is 29.8 Å². The first-order chi connectivity index (χ1) is 13.5. The number of amides is 3. The van der Waals surface area contributed by atoms with E-state index in [1.807, 2.05) is 44.3 Å². The summed E-state index contributed by atoms with van der Waals surface area (Å²) in [4.78, 5) is 32.7. The van der Waals surface area contributed by atoms with E-state index in [9.17, 15) is 9.59 Å². The van der Waals surface area contributed by atoms with Crippen LogP contribution in [0.3, 0.4) is 0 Å². The molecule has 1 atom stereocenters. The Morgan fingerprint density at radius 3 is 2.36 bits per heavy atom. The Labute approximate surface area is 164 Å². The Balaban J connectivity index is 1.94. The number of hydrogen-bond donors (Lipinski definition) is 0. The second-order valence-corrected chi connectivity index (χ2v) is 6.40. The third-order valence-corrected chi connectivity index (χ3v) is 4.93. The van der Waals surface area contributed by atoms with Gasteiger partial charge in [-0.2, -0.15) is 0 Å². The second kappa shape index (κ2) is 7.84. The van der Waals surface area contributed by atoms with E-state index < -0.39 is 6.04 Å². The molecule has 0 radical (unpaired) electrons. The number of nitrogens with zero attached hydrogens (tertiary/aromatic N) is 4. The van der Waals surface area contributed by atoms with E-state index in [0.717, 1.165) is 5.56 Å². The van der Waals surface area contributed by atoms with Gasteiger partial charge in [0.25, 0.3) is 17.8 Å². The number of urea groups is 1. The number of rotatable bonds is 6. The molecule has 1 unspecified atom stereocenters. The molecule has 1 saturated heterocycles. The maximum atomic E-state index is 12.8. The van der Waals surface area contributed by atoms with Gasteiger partial charge >= 0.3 is 11.9 Å². The Kier molecular flexibility index (Phi) is 5.48. The number of amidine groups is 2. The third-order valence-electron chi connectivity index (χ3n) is 4.93. The average Bonchev–Trinajstić information content (AvgIpc) is 3.03. The van der Waals surface area contributed by atoms with Gasteiger partial charge < -0.3 is 9.47 Å². The van der Waals surface area contributed by atoms with Crippen LogP contribution in [-0.4, -0.2) is 78.4 Å². The molecule has 1 fully saturated rings. The zero-order chi connectivity index (χ0) is 20.4. The van der Waals surface area contributed by atoms with Crippen LogP contribution in [0.25, 0.3) is 6.08 Å². The third kappa shape index (κ3) is 3.15. The molecule has 8 heteroatoms. The van der Waals surface area contributed by atoms with E-state index in [-0.39, 0.29) is 11.9 Å². The minimum Gasteiger partial charge on any atom is -0.493 e. The quantitative estimate of drug-likeness (QED) is 0.701. The molecule has 3 amide bonds. The number of methoxy groups -OCH3 is 2. The van der Waals surface area contributed by atoms with Crippen LogP contribution in [0.5, 0.6) is 11.5 Å². The summed E-state index contributed by atoms with van der Waals surface area (Å²) in [6.07, 6.45) is 3.71. The largest absolute Gasteiger partial charge is 0.493 e. The second-order valence-electron chi connectivity index (χ2n) is 6.40. The minimum absolute atomic E-state index is 0.243. The summed E-state index contributed by atoms with van der Waals surface area (Å²) in [6.45, 7) is 4.46. The van der Waals surface area contributed by atoms with Gasteiger partial charge in [-0.3, -0.25) is 14.6 Å². The van der Waals surface area contributed by atoms with Crippen LogP contribution in [0.4, 0.5) is 4.79 Å². The summed E-state index contributed by atoms with van der Waals surface area (Å²) >= 11 is 0. The SMILES string of the molecule is CCN1C(=O)C2C(=NC(/C=C/c3ccc(OC)c(OC)c3)=[N+]2C)N(CC)C1=O. The number of benzene rings is 1. The Morgan fingerprint density at radius 1 is 1.07 bits per heavy atom. The Bertz CT molecular complexity index is 903. The van der Waals surface area contributed by atoms with Gasteiger partial charge in [0.1, 0.15) is 0 Å². The van der Waals surface area contributed by atoms with Gasteiger partial charge in [0, 0.05) is 19.2 Å². The molecule has 1 aromatic carbocycles. The molecule has 28 heavy (non-hydrogen) atoms. The topological polar surface area (TPSA) is 74.5 Å². The van der Waals surface area contributed by atoms with Crippen LogP contribution in [0.1, 0.15) is 19.4 Å². The Hall–Kier alpha value is -3.16. The van der Waals surface area contributed by atoms with Crippen LogP contribution < -0.4 is 9.47 Å². The molecule has 0 bridgehead atoms. The lowest BCUT2D eigenvalue weighted by molar-refractivity contribution is -0.504. The normalized spacial score (nSPS) is 19.5. The predicted molar refractivity (Wildman–Crippen MR) is 106 cm³/mol. The van der Waals surface area contributed by atoms with Crippen molar-refractivity contribution in [1.29, 1.82) is 0 Å². The molecule has 3 rings (SSSR count). The van der Waals surface area contributed by atoms with Crippen molar-refractivity contribution in [2.24, 2.45) is 4.99 Å². The monoisotopic (exact) mass is 385 g/mol. The van der Waals surface area contributed by atoms with Crippen LogP contribution in [-0.2, 0) is 4.79 Å². The zero-order valence-electron chi connectivity index (χ0n) is 16.8. The van der Waals surface area contributed by atoms with Crippen molar-refractivity contribution < 1.29 is 23.6 Å². The number of fused-ring (bicyclic) bond motifs is 1. The van der Waals surface area contributed by atoms with E-state index in [4.69, 9.17) is 9.47 Å². The molecular weight excluding hydrogens is 360 g/mol. The zero-order valence-corrected chi connectivity index (χ0v) is 16.8. The van der Waals surface area contributed by atoms with Gasteiger partial charge in [0.05, 0.1) is 21.3 Å². The molecular formula is C20H25N4O4+. The van der Waals surface area contributed by atoms with Gasteiger partial charge in [-0.1, -0.05) is 6.07 Å². The van der Waals surface area contributed by atoms with Crippen molar-refractivity contribution in [1.82, 2.24) is 9.80 Å². The highest BCUT2D eigenvalue weighted by molar-refractivity contribution is 6.24. The lowest BCUT2D eigenvalue weighted by atomic mass is 10.1. The average molecular weight is 385 g/mol. The van der Waals surface area contributed by atoms with E-state index in [0.29, 0.717) is 36.3 Å². The molecule has 2 aliphatic rings. The first kappa shape index (κ1) is 19.6. The minimum atomic E-state index is -0.581. The standard InChI is InChI=1S/C20H25N4O4/c1-6-23-18-17(19(25)24(7-2)20(23)26)22(3)16(21-18)11-9-13-8-10-14(27-4)15(12-13)28-5/h8-12,17H,6-7H2,1-5H3/q+1/b11-9+. The van der Waals surface area contributed by atoms with Crippen molar-refractivity contribution in [3.8, 4) is 11.5 Å². The smallest absolute Gasteiger partial charge is 0.334 e. The molecule has 1 aromatic rings.